The molecule has 6 nitrogen and oxygen atoms in total. The summed E-state index contributed by atoms with van der Waals surface area (Å²) in [5.41, 5.74) is 4.76. The van der Waals surface area contributed by atoms with Crippen molar-refractivity contribution in [3.8, 4) is 22.6 Å². The SMILES string of the molecule is C[C@@H]1CN([C@@H](C)CO)C(=O)c2ccccc2-c2ccccc2CO[C@@H]1CN(C)Cc1ccc(Oc2ccccc2)cc1. The van der Waals surface area contributed by atoms with Crippen LogP contribution in [0.4, 0.5) is 0 Å². The van der Waals surface area contributed by atoms with E-state index >= 15 is 0 Å². The number of amides is 1. The Kier molecular flexibility index (Phi) is 9.70. The second-order valence-electron chi connectivity index (χ2n) is 11.3. The van der Waals surface area contributed by atoms with E-state index in [0.717, 1.165) is 34.7 Å². The van der Waals surface area contributed by atoms with Crippen LogP contribution in [0.3, 0.4) is 0 Å². The summed E-state index contributed by atoms with van der Waals surface area (Å²) in [5, 5.41) is 10.1. The van der Waals surface area contributed by atoms with E-state index < -0.39 is 0 Å². The molecule has 0 aromatic heterocycles. The normalized spacial score (nSPS) is 18.1. The highest BCUT2D eigenvalue weighted by atomic mass is 16.5. The van der Waals surface area contributed by atoms with Crippen LogP contribution < -0.4 is 4.74 Å². The molecule has 0 aliphatic carbocycles. The van der Waals surface area contributed by atoms with E-state index in [0.29, 0.717) is 25.3 Å². The number of nitrogens with zero attached hydrogens (tertiary/aromatic N) is 2. The van der Waals surface area contributed by atoms with Crippen molar-refractivity contribution in [1.29, 1.82) is 0 Å². The van der Waals surface area contributed by atoms with Crippen molar-refractivity contribution in [3.63, 3.8) is 0 Å². The molecule has 1 amide bonds. The summed E-state index contributed by atoms with van der Waals surface area (Å²) in [6.45, 7) is 6.29. The minimum atomic E-state index is -0.320. The Morgan fingerprint density at radius 1 is 0.881 bits per heavy atom. The van der Waals surface area contributed by atoms with E-state index in [-0.39, 0.29) is 30.6 Å². The molecule has 6 heteroatoms. The number of hydrogen-bond acceptors (Lipinski definition) is 5. The maximum Gasteiger partial charge on any atom is 0.254 e. The average molecular weight is 565 g/mol. The highest BCUT2D eigenvalue weighted by molar-refractivity contribution is 6.01. The first-order valence-electron chi connectivity index (χ1n) is 14.6. The van der Waals surface area contributed by atoms with Crippen LogP contribution in [-0.2, 0) is 17.9 Å². The summed E-state index contributed by atoms with van der Waals surface area (Å²) in [6.07, 6.45) is -0.133. The Balaban J connectivity index is 1.35. The van der Waals surface area contributed by atoms with Crippen molar-refractivity contribution in [1.82, 2.24) is 9.80 Å². The number of benzene rings is 4. The van der Waals surface area contributed by atoms with Crippen LogP contribution in [0.1, 0.15) is 35.3 Å². The minimum absolute atomic E-state index is 0.0319. The second-order valence-corrected chi connectivity index (χ2v) is 11.3. The fourth-order valence-corrected chi connectivity index (χ4v) is 5.52. The zero-order chi connectivity index (χ0) is 29.5. The molecule has 42 heavy (non-hydrogen) atoms. The van der Waals surface area contributed by atoms with Crippen LogP contribution in [0.15, 0.2) is 103 Å². The zero-order valence-electron chi connectivity index (χ0n) is 24.6. The first-order valence-corrected chi connectivity index (χ1v) is 14.6. The Labute approximate surface area is 249 Å². The van der Waals surface area contributed by atoms with Crippen LogP contribution in [0.25, 0.3) is 11.1 Å². The molecule has 218 valence electrons. The van der Waals surface area contributed by atoms with Gasteiger partial charge in [0, 0.05) is 31.1 Å². The van der Waals surface area contributed by atoms with Crippen molar-refractivity contribution in [2.45, 2.75) is 39.1 Å². The molecule has 0 fully saturated rings. The topological polar surface area (TPSA) is 62.2 Å². The van der Waals surface area contributed by atoms with Crippen LogP contribution in [0.2, 0.25) is 0 Å². The molecule has 4 aromatic rings. The molecule has 0 unspecified atom stereocenters. The number of likely N-dealkylation sites (N-methyl/N-ethyl adjacent to an activating group) is 1. The lowest BCUT2D eigenvalue weighted by atomic mass is 9.94. The summed E-state index contributed by atoms with van der Waals surface area (Å²) in [5.74, 6) is 1.58. The van der Waals surface area contributed by atoms with Gasteiger partial charge >= 0.3 is 0 Å². The lowest BCUT2D eigenvalue weighted by Gasteiger charge is -2.35. The van der Waals surface area contributed by atoms with Gasteiger partial charge in [0.05, 0.1) is 25.4 Å². The van der Waals surface area contributed by atoms with Gasteiger partial charge in [0.25, 0.3) is 5.91 Å². The lowest BCUT2D eigenvalue weighted by molar-refractivity contribution is -0.0241. The molecule has 1 heterocycles. The van der Waals surface area contributed by atoms with Crippen molar-refractivity contribution in [2.75, 3.05) is 26.7 Å². The van der Waals surface area contributed by atoms with Gasteiger partial charge in [-0.1, -0.05) is 79.7 Å². The van der Waals surface area contributed by atoms with Crippen molar-refractivity contribution in [2.24, 2.45) is 5.92 Å². The zero-order valence-corrected chi connectivity index (χ0v) is 24.6. The molecular weight excluding hydrogens is 524 g/mol. The fraction of sp³-hybridized carbons (Fsp3) is 0.306. The van der Waals surface area contributed by atoms with E-state index in [2.05, 4.69) is 43.1 Å². The molecule has 1 N–H and O–H groups in total. The van der Waals surface area contributed by atoms with Crippen molar-refractivity contribution >= 4 is 5.91 Å². The molecule has 0 saturated carbocycles. The van der Waals surface area contributed by atoms with E-state index in [1.165, 1.54) is 5.56 Å². The first kappa shape index (κ1) is 29.5. The summed E-state index contributed by atoms with van der Waals surface area (Å²) < 4.78 is 12.6. The number of aliphatic hydroxyl groups excluding tert-OH is 1. The highest BCUT2D eigenvalue weighted by Crippen LogP contribution is 2.31. The fourth-order valence-electron chi connectivity index (χ4n) is 5.52. The Morgan fingerprint density at radius 3 is 2.21 bits per heavy atom. The maximum atomic E-state index is 14.0. The van der Waals surface area contributed by atoms with E-state index in [4.69, 9.17) is 9.47 Å². The van der Waals surface area contributed by atoms with Gasteiger partial charge in [-0.15, -0.1) is 0 Å². The van der Waals surface area contributed by atoms with Crippen LogP contribution in [0, 0.1) is 5.92 Å². The van der Waals surface area contributed by atoms with E-state index in [1.807, 2.05) is 85.8 Å². The summed E-state index contributed by atoms with van der Waals surface area (Å²) in [6, 6.07) is 33.5. The molecule has 0 radical (unpaired) electrons. The predicted molar refractivity (Wildman–Crippen MR) is 166 cm³/mol. The molecule has 1 aliphatic rings. The number of ether oxygens (including phenoxy) is 2. The van der Waals surface area contributed by atoms with Crippen LogP contribution in [0.5, 0.6) is 11.5 Å². The van der Waals surface area contributed by atoms with Crippen molar-refractivity contribution < 1.29 is 19.4 Å². The third kappa shape index (κ3) is 7.08. The summed E-state index contributed by atoms with van der Waals surface area (Å²) >= 11 is 0. The standard InChI is InChI=1S/C36H40N2O4/c1-26-21-38(27(2)24-39)36(40)34-16-10-9-15-33(34)32-14-8-7-11-29(32)25-41-35(26)23-37(3)22-28-17-19-31(20-18-28)42-30-12-5-4-6-13-30/h4-20,26-27,35,39H,21-25H2,1-3H3/t26-,27+,35-/m1/s1. The molecular formula is C36H40N2O4. The number of aliphatic hydroxyl groups is 1. The van der Waals surface area contributed by atoms with Gasteiger partial charge in [-0.3, -0.25) is 9.69 Å². The molecule has 1 aliphatic heterocycles. The second kappa shape index (κ2) is 13.8. The third-order valence-electron chi connectivity index (χ3n) is 7.94. The van der Waals surface area contributed by atoms with Gasteiger partial charge < -0.3 is 19.5 Å². The van der Waals surface area contributed by atoms with E-state index in [9.17, 15) is 9.90 Å². The number of carbonyl (C=O) groups is 1. The molecule has 0 spiro atoms. The van der Waals surface area contributed by atoms with Gasteiger partial charge in [-0.25, -0.2) is 0 Å². The van der Waals surface area contributed by atoms with Gasteiger partial charge in [0.2, 0.25) is 0 Å². The quantitative estimate of drug-likeness (QED) is 0.260. The largest absolute Gasteiger partial charge is 0.457 e. The van der Waals surface area contributed by atoms with Gasteiger partial charge in [-0.2, -0.15) is 0 Å². The van der Waals surface area contributed by atoms with E-state index in [1.54, 1.807) is 4.90 Å². The summed E-state index contributed by atoms with van der Waals surface area (Å²) in [4.78, 5) is 18.1. The van der Waals surface area contributed by atoms with Crippen molar-refractivity contribution in [3.05, 3.63) is 120 Å². The molecule has 0 saturated heterocycles. The van der Waals surface area contributed by atoms with Gasteiger partial charge in [-0.05, 0) is 66.6 Å². The highest BCUT2D eigenvalue weighted by Gasteiger charge is 2.30. The minimum Gasteiger partial charge on any atom is -0.457 e. The Bertz CT molecular complexity index is 1460. The average Bonchev–Trinajstić information content (AvgIpc) is 3.03. The van der Waals surface area contributed by atoms with Crippen LogP contribution in [-0.4, -0.2) is 59.7 Å². The van der Waals surface area contributed by atoms with Gasteiger partial charge in [0.15, 0.2) is 0 Å². The van der Waals surface area contributed by atoms with Gasteiger partial charge in [0.1, 0.15) is 11.5 Å². The first-order chi connectivity index (χ1) is 20.4. The lowest BCUT2D eigenvalue weighted by Crippen LogP contribution is -2.47. The smallest absolute Gasteiger partial charge is 0.254 e. The summed E-state index contributed by atoms with van der Waals surface area (Å²) in [7, 11) is 2.10. The maximum absolute atomic E-state index is 14.0. The Morgan fingerprint density at radius 2 is 1.50 bits per heavy atom. The molecule has 4 aromatic carbocycles. The monoisotopic (exact) mass is 564 g/mol. The molecule has 5 rings (SSSR count). The molecule has 0 bridgehead atoms. The number of hydrogen-bond donors (Lipinski definition) is 1. The molecule has 3 atom stereocenters. The number of carbonyl (C=O) groups excluding carboxylic acids is 1. The number of rotatable bonds is 8. The Hall–Kier alpha value is -3.97. The number of fused-ring (bicyclic) bond motifs is 3. The number of para-hydroxylation sites is 1. The van der Waals surface area contributed by atoms with Crippen LogP contribution >= 0.6 is 0 Å². The predicted octanol–water partition coefficient (Wildman–Crippen LogP) is 6.64. The third-order valence-corrected chi connectivity index (χ3v) is 7.94.